The Morgan fingerprint density at radius 3 is 1.33 bits per heavy atom. The number of carbonyl (C=O) groups is 2. The number of carbonyl (C=O) groups excluding carboxylic acids is 2. The van der Waals surface area contributed by atoms with Gasteiger partial charge < -0.3 is 64.2 Å². The molecule has 0 aromatic rings. The van der Waals surface area contributed by atoms with E-state index in [-0.39, 0.29) is 19.4 Å². The normalized spacial score (nSPS) is 25.8. The number of rotatable bonds is 40. The van der Waals surface area contributed by atoms with E-state index < -0.39 is 99.3 Å². The maximum Gasteiger partial charge on any atom is 0.306 e. The SMILES string of the molecule is CCC/C=C/C/C=C/C/C=C/C/C=C/CCCCCC(=O)OC[C@H](CO[C@H]1O[C@@H](CO[C@H]2O[C@@H](CO)[C@@H](O)C(O)C2O)[C@@H](O)C(O)C1O)OC(=O)CCCCC/C=C/C/C=C/C/C=C/C/C=C/CCCCC. The summed E-state index contributed by atoms with van der Waals surface area (Å²) in [6.07, 6.45) is 37.1. The Labute approximate surface area is 430 Å². The molecule has 15 heteroatoms. The number of aliphatic hydroxyl groups excluding tert-OH is 7. The van der Waals surface area contributed by atoms with Crippen molar-refractivity contribution in [1.29, 1.82) is 0 Å². The van der Waals surface area contributed by atoms with Crippen molar-refractivity contribution in [2.75, 3.05) is 26.4 Å². The Morgan fingerprint density at radius 1 is 0.444 bits per heavy atom. The first-order chi connectivity index (χ1) is 35.0. The van der Waals surface area contributed by atoms with Gasteiger partial charge in [-0.1, -0.05) is 143 Å². The van der Waals surface area contributed by atoms with E-state index in [1.807, 2.05) is 0 Å². The lowest BCUT2D eigenvalue weighted by Crippen LogP contribution is -2.61. The summed E-state index contributed by atoms with van der Waals surface area (Å²) >= 11 is 0. The van der Waals surface area contributed by atoms with Crippen LogP contribution < -0.4 is 0 Å². The third kappa shape index (κ3) is 30.0. The van der Waals surface area contributed by atoms with Crippen molar-refractivity contribution < 1.29 is 73.8 Å². The molecule has 72 heavy (non-hydrogen) atoms. The van der Waals surface area contributed by atoms with Crippen molar-refractivity contribution in [2.45, 2.75) is 223 Å². The molecule has 2 aliphatic rings. The quantitative estimate of drug-likeness (QED) is 0.0174. The fourth-order valence-corrected chi connectivity index (χ4v) is 7.60. The minimum atomic E-state index is -1.78. The molecule has 0 aliphatic carbocycles. The van der Waals surface area contributed by atoms with Gasteiger partial charge in [0.2, 0.25) is 0 Å². The summed E-state index contributed by atoms with van der Waals surface area (Å²) in [5, 5.41) is 72.2. The first-order valence-corrected chi connectivity index (χ1v) is 26.8. The predicted molar refractivity (Wildman–Crippen MR) is 279 cm³/mol. The molecule has 15 nitrogen and oxygen atoms in total. The molecule has 0 aromatic carbocycles. The van der Waals surface area contributed by atoms with Gasteiger partial charge in [-0.05, 0) is 96.3 Å². The predicted octanol–water partition coefficient (Wildman–Crippen LogP) is 8.15. The molecule has 2 aliphatic heterocycles. The lowest BCUT2D eigenvalue weighted by molar-refractivity contribution is -0.332. The standard InChI is InChI=1S/C57H92O15/c1-3-5-7-9-11-13-15-17-19-21-22-24-26-28-30-32-34-36-38-40-49(60)70-45(42-67-48(59)39-37-35-33-31-29-27-25-23-20-18-16-14-12-10-8-6-4-2)43-68-56-55(66)53(64)51(62)47(72-56)44-69-57-54(65)52(63)50(61)46(41-58)71-57/h8,10-11,13-14,16-17,19-20,22-24,27-30,45-47,50-58,61-66H,3-7,9,12,15,18,21,25-26,31-44H2,1-2H3/b10-8+,13-11+,16-14+,19-17+,23-20+,24-22+,29-27+,30-28+/t45-,46+,47+,50-,51-,52?,53?,54?,55?,56+,57+/m1/s1. The van der Waals surface area contributed by atoms with E-state index in [0.717, 1.165) is 89.9 Å². The van der Waals surface area contributed by atoms with Crippen molar-refractivity contribution in [2.24, 2.45) is 0 Å². The number of hydrogen-bond acceptors (Lipinski definition) is 15. The van der Waals surface area contributed by atoms with Crippen LogP contribution in [0.2, 0.25) is 0 Å². The Morgan fingerprint density at radius 2 is 0.861 bits per heavy atom. The number of unbranched alkanes of at least 4 members (excludes halogenated alkanes) is 10. The van der Waals surface area contributed by atoms with Gasteiger partial charge in [0.25, 0.3) is 0 Å². The van der Waals surface area contributed by atoms with Crippen LogP contribution in [0.25, 0.3) is 0 Å². The van der Waals surface area contributed by atoms with E-state index in [9.17, 15) is 45.3 Å². The third-order valence-electron chi connectivity index (χ3n) is 12.0. The van der Waals surface area contributed by atoms with E-state index >= 15 is 0 Å². The summed E-state index contributed by atoms with van der Waals surface area (Å²) in [6.45, 7) is 2.41. The fourth-order valence-electron chi connectivity index (χ4n) is 7.60. The first kappa shape index (κ1) is 64.5. The molecule has 410 valence electrons. The summed E-state index contributed by atoms with van der Waals surface area (Å²) in [4.78, 5) is 25.8. The monoisotopic (exact) mass is 1020 g/mol. The van der Waals surface area contributed by atoms with Crippen LogP contribution in [-0.4, -0.2) is 142 Å². The summed E-state index contributed by atoms with van der Waals surface area (Å²) in [6, 6.07) is 0. The minimum absolute atomic E-state index is 0.114. The molecule has 0 amide bonds. The highest BCUT2D eigenvalue weighted by Gasteiger charge is 2.47. The molecule has 2 saturated heterocycles. The van der Waals surface area contributed by atoms with E-state index in [2.05, 4.69) is 111 Å². The van der Waals surface area contributed by atoms with Crippen LogP contribution in [0.4, 0.5) is 0 Å². The van der Waals surface area contributed by atoms with Crippen LogP contribution in [0.3, 0.4) is 0 Å². The molecule has 2 rings (SSSR count). The second-order valence-electron chi connectivity index (χ2n) is 18.3. The summed E-state index contributed by atoms with van der Waals surface area (Å²) in [7, 11) is 0. The molecule has 0 bridgehead atoms. The maximum atomic E-state index is 13.0. The molecule has 4 unspecified atom stereocenters. The van der Waals surface area contributed by atoms with E-state index in [1.54, 1.807) is 0 Å². The van der Waals surface area contributed by atoms with Gasteiger partial charge in [-0.2, -0.15) is 0 Å². The average Bonchev–Trinajstić information content (AvgIpc) is 3.37. The second kappa shape index (κ2) is 42.7. The number of allylic oxidation sites excluding steroid dienone is 16. The van der Waals surface area contributed by atoms with E-state index in [0.29, 0.717) is 12.8 Å². The average molecular weight is 1020 g/mol. The van der Waals surface area contributed by atoms with Gasteiger partial charge in [-0.25, -0.2) is 0 Å². The molecule has 0 radical (unpaired) electrons. The fraction of sp³-hybridized carbons (Fsp3) is 0.684. The Kier molecular flexibility index (Phi) is 38.3. The molecular formula is C57H92O15. The summed E-state index contributed by atoms with van der Waals surface area (Å²) in [5.74, 6) is -1.01. The van der Waals surface area contributed by atoms with E-state index in [4.69, 9.17) is 28.4 Å². The molecule has 2 heterocycles. The van der Waals surface area contributed by atoms with Gasteiger partial charge in [-0.15, -0.1) is 0 Å². The maximum absolute atomic E-state index is 13.0. The summed E-state index contributed by atoms with van der Waals surface area (Å²) < 4.78 is 33.5. The number of esters is 2. The second-order valence-corrected chi connectivity index (χ2v) is 18.3. The van der Waals surface area contributed by atoms with Crippen molar-refractivity contribution >= 4 is 11.9 Å². The van der Waals surface area contributed by atoms with Gasteiger partial charge >= 0.3 is 11.9 Å². The number of aliphatic hydroxyl groups is 7. The smallest absolute Gasteiger partial charge is 0.306 e. The van der Waals surface area contributed by atoms with Crippen molar-refractivity contribution in [3.8, 4) is 0 Å². The third-order valence-corrected chi connectivity index (χ3v) is 12.0. The number of ether oxygens (including phenoxy) is 6. The topological polar surface area (TPSA) is 231 Å². The van der Waals surface area contributed by atoms with Crippen LogP contribution >= 0.6 is 0 Å². The highest BCUT2D eigenvalue weighted by atomic mass is 16.7. The molecule has 11 atom stereocenters. The highest BCUT2D eigenvalue weighted by molar-refractivity contribution is 5.70. The van der Waals surface area contributed by atoms with Crippen LogP contribution in [0.1, 0.15) is 155 Å². The highest BCUT2D eigenvalue weighted by Crippen LogP contribution is 2.26. The lowest BCUT2D eigenvalue weighted by Gasteiger charge is -2.42. The molecule has 0 spiro atoms. The molecular weight excluding hydrogens is 925 g/mol. The van der Waals surface area contributed by atoms with Gasteiger partial charge in [-0.3, -0.25) is 9.59 Å². The Balaban J connectivity index is 1.83. The van der Waals surface area contributed by atoms with Gasteiger partial charge in [0, 0.05) is 12.8 Å². The van der Waals surface area contributed by atoms with Gasteiger partial charge in [0.05, 0.1) is 19.8 Å². The zero-order chi connectivity index (χ0) is 52.4. The molecule has 0 saturated carbocycles. The van der Waals surface area contributed by atoms with Crippen molar-refractivity contribution in [3.05, 3.63) is 97.2 Å². The zero-order valence-corrected chi connectivity index (χ0v) is 43.4. The largest absolute Gasteiger partial charge is 0.462 e. The number of hydrogen-bond donors (Lipinski definition) is 7. The minimum Gasteiger partial charge on any atom is -0.462 e. The van der Waals surface area contributed by atoms with E-state index in [1.165, 1.54) is 25.7 Å². The van der Waals surface area contributed by atoms with Crippen LogP contribution in [-0.2, 0) is 38.0 Å². The van der Waals surface area contributed by atoms with Gasteiger partial charge in [0.1, 0.15) is 55.4 Å². The molecule has 0 aromatic heterocycles. The Bertz CT molecular complexity index is 1620. The zero-order valence-electron chi connectivity index (χ0n) is 43.4. The van der Waals surface area contributed by atoms with Gasteiger partial charge in [0.15, 0.2) is 18.7 Å². The van der Waals surface area contributed by atoms with Crippen LogP contribution in [0, 0.1) is 0 Å². The van der Waals surface area contributed by atoms with Crippen LogP contribution in [0.15, 0.2) is 97.2 Å². The van der Waals surface area contributed by atoms with Crippen molar-refractivity contribution in [3.63, 3.8) is 0 Å². The Hall–Kier alpha value is -3.58. The molecule has 7 N–H and O–H groups in total. The summed E-state index contributed by atoms with van der Waals surface area (Å²) in [5.41, 5.74) is 0. The molecule has 2 fully saturated rings. The lowest BCUT2D eigenvalue weighted by atomic mass is 9.98. The van der Waals surface area contributed by atoms with Crippen molar-refractivity contribution in [1.82, 2.24) is 0 Å². The van der Waals surface area contributed by atoms with Crippen LogP contribution in [0.5, 0.6) is 0 Å². The first-order valence-electron chi connectivity index (χ1n) is 26.8.